The molecule has 4 rings (SSSR count). The van der Waals surface area contributed by atoms with Crippen molar-refractivity contribution in [1.29, 1.82) is 0 Å². The summed E-state index contributed by atoms with van der Waals surface area (Å²) in [5.41, 5.74) is 2.65. The maximum Gasteiger partial charge on any atom is 0.240 e. The average Bonchev–Trinajstić information content (AvgIpc) is 3.19. The van der Waals surface area contributed by atoms with Crippen molar-refractivity contribution in [3.05, 3.63) is 54.1 Å². The molecule has 0 saturated carbocycles. The molecule has 4 atom stereocenters. The SMILES string of the molecule is COc1ccc([Si](C)(C)[C@@H]2[C@@H](C)[C@@H](CCc3cccc(N4CCNCC4=O)c3)O[C@H]2CCO)cc1. The fourth-order valence-electron chi connectivity index (χ4n) is 6.11. The third-order valence-corrected chi connectivity index (χ3v) is 12.4. The number of aliphatic hydroxyl groups is 1. The predicted octanol–water partition coefficient (Wildman–Crippen LogP) is 3.34. The van der Waals surface area contributed by atoms with Crippen LogP contribution in [0.15, 0.2) is 48.5 Å². The number of benzene rings is 2. The Hall–Kier alpha value is -2.19. The zero-order chi connectivity index (χ0) is 25.0. The molecule has 2 fully saturated rings. The van der Waals surface area contributed by atoms with Gasteiger partial charge in [0.1, 0.15) is 5.75 Å². The number of aryl methyl sites for hydroxylation is 1. The lowest BCUT2D eigenvalue weighted by molar-refractivity contribution is -0.118. The van der Waals surface area contributed by atoms with Crippen molar-refractivity contribution in [3.63, 3.8) is 0 Å². The first-order valence-electron chi connectivity index (χ1n) is 12.9. The molecule has 0 bridgehead atoms. The van der Waals surface area contributed by atoms with Crippen molar-refractivity contribution in [3.8, 4) is 5.75 Å². The third kappa shape index (κ3) is 5.64. The Morgan fingerprint density at radius 3 is 2.60 bits per heavy atom. The van der Waals surface area contributed by atoms with Crippen LogP contribution in [0.4, 0.5) is 5.69 Å². The molecule has 2 saturated heterocycles. The van der Waals surface area contributed by atoms with Crippen molar-refractivity contribution < 1.29 is 19.4 Å². The summed E-state index contributed by atoms with van der Waals surface area (Å²) in [6.07, 6.45) is 2.76. The Bertz CT molecular complexity index is 997. The second kappa shape index (κ2) is 11.2. The van der Waals surface area contributed by atoms with E-state index >= 15 is 0 Å². The van der Waals surface area contributed by atoms with Crippen LogP contribution in [0.2, 0.25) is 18.6 Å². The lowest BCUT2D eigenvalue weighted by atomic mass is 9.95. The van der Waals surface area contributed by atoms with Crippen LogP contribution in [-0.4, -0.2) is 64.6 Å². The number of piperazine rings is 1. The predicted molar refractivity (Wildman–Crippen MR) is 143 cm³/mol. The minimum atomic E-state index is -1.88. The van der Waals surface area contributed by atoms with Crippen molar-refractivity contribution in [2.45, 2.75) is 57.0 Å². The van der Waals surface area contributed by atoms with Gasteiger partial charge in [-0.25, -0.2) is 0 Å². The molecule has 2 N–H and O–H groups in total. The van der Waals surface area contributed by atoms with Gasteiger partial charge < -0.3 is 24.8 Å². The van der Waals surface area contributed by atoms with E-state index in [-0.39, 0.29) is 24.7 Å². The normalized spacial score (nSPS) is 25.2. The summed E-state index contributed by atoms with van der Waals surface area (Å²) >= 11 is 0. The van der Waals surface area contributed by atoms with Crippen molar-refractivity contribution in [1.82, 2.24) is 5.32 Å². The number of carbonyl (C=O) groups excluding carboxylic acids is 1. The van der Waals surface area contributed by atoms with Gasteiger partial charge in [0.05, 0.1) is 33.9 Å². The fraction of sp³-hybridized carbons (Fsp3) is 0.536. The van der Waals surface area contributed by atoms with E-state index < -0.39 is 8.07 Å². The van der Waals surface area contributed by atoms with E-state index in [0.717, 1.165) is 30.8 Å². The first-order valence-corrected chi connectivity index (χ1v) is 15.9. The molecule has 0 radical (unpaired) electrons. The van der Waals surface area contributed by atoms with Gasteiger partial charge in [-0.05, 0) is 60.6 Å². The lowest BCUT2D eigenvalue weighted by Crippen LogP contribution is -2.50. The summed E-state index contributed by atoms with van der Waals surface area (Å²) in [7, 11) is -0.178. The van der Waals surface area contributed by atoms with Crippen LogP contribution in [-0.2, 0) is 16.0 Å². The number of aliphatic hydroxyl groups excluding tert-OH is 1. The highest BCUT2D eigenvalue weighted by molar-refractivity contribution is 6.91. The Labute approximate surface area is 210 Å². The van der Waals surface area contributed by atoms with Gasteiger partial charge in [0.2, 0.25) is 5.91 Å². The number of ether oxygens (including phenoxy) is 2. The Balaban J connectivity index is 1.47. The maximum absolute atomic E-state index is 12.3. The smallest absolute Gasteiger partial charge is 0.240 e. The zero-order valence-electron chi connectivity index (χ0n) is 21.5. The van der Waals surface area contributed by atoms with Crippen LogP contribution in [0.1, 0.15) is 25.3 Å². The molecule has 0 aromatic heterocycles. The minimum Gasteiger partial charge on any atom is -0.497 e. The summed E-state index contributed by atoms with van der Waals surface area (Å²) in [6, 6.07) is 16.9. The molecule has 0 unspecified atom stereocenters. The highest BCUT2D eigenvalue weighted by atomic mass is 28.3. The average molecular weight is 497 g/mol. The van der Waals surface area contributed by atoms with E-state index in [0.29, 0.717) is 31.0 Å². The quantitative estimate of drug-likeness (QED) is 0.521. The number of nitrogens with one attached hydrogen (secondary N) is 1. The Morgan fingerprint density at radius 2 is 1.91 bits per heavy atom. The molecule has 35 heavy (non-hydrogen) atoms. The number of amides is 1. The monoisotopic (exact) mass is 496 g/mol. The molecular weight excluding hydrogens is 456 g/mol. The zero-order valence-corrected chi connectivity index (χ0v) is 22.5. The maximum atomic E-state index is 12.3. The molecule has 2 aromatic carbocycles. The second-order valence-corrected chi connectivity index (χ2v) is 15.2. The summed E-state index contributed by atoms with van der Waals surface area (Å²) in [6.45, 7) is 9.28. The third-order valence-electron chi connectivity index (χ3n) is 8.01. The number of hydrogen-bond donors (Lipinski definition) is 2. The number of rotatable bonds is 9. The fourth-order valence-corrected chi connectivity index (χ4v) is 10.2. The Kier molecular flexibility index (Phi) is 8.32. The van der Waals surface area contributed by atoms with E-state index in [1.54, 1.807) is 7.11 Å². The summed E-state index contributed by atoms with van der Waals surface area (Å²) in [4.78, 5) is 14.2. The summed E-state index contributed by atoms with van der Waals surface area (Å²) in [5.74, 6) is 1.42. The molecular formula is C28H40N2O4Si. The highest BCUT2D eigenvalue weighted by Crippen LogP contribution is 2.46. The van der Waals surface area contributed by atoms with Crippen LogP contribution < -0.4 is 20.1 Å². The van der Waals surface area contributed by atoms with Crippen LogP contribution >= 0.6 is 0 Å². The van der Waals surface area contributed by atoms with Crippen LogP contribution in [0.5, 0.6) is 5.75 Å². The standard InChI is InChI=1S/C28H40N2O4Si/c1-20-25(13-8-21-6-5-7-22(18-21)30-16-15-29-19-27(30)32)34-26(14-17-31)28(20)35(3,4)24-11-9-23(33-2)10-12-24/h5-7,9-12,18,20,25-26,28-29,31H,8,13-17,19H2,1-4H3/t20-,25+,26-,28+/m0/s1. The minimum absolute atomic E-state index is 0.0774. The van der Waals surface area contributed by atoms with Crippen molar-refractivity contribution in [2.24, 2.45) is 5.92 Å². The van der Waals surface area contributed by atoms with Gasteiger partial charge in [-0.1, -0.05) is 49.5 Å². The van der Waals surface area contributed by atoms with Crippen molar-refractivity contribution in [2.75, 3.05) is 38.3 Å². The number of methoxy groups -OCH3 is 1. The van der Waals surface area contributed by atoms with E-state index in [1.165, 1.54) is 10.8 Å². The van der Waals surface area contributed by atoms with Gasteiger partial charge in [-0.3, -0.25) is 4.79 Å². The van der Waals surface area contributed by atoms with Gasteiger partial charge >= 0.3 is 0 Å². The molecule has 7 heteroatoms. The number of hydrogen-bond acceptors (Lipinski definition) is 5. The summed E-state index contributed by atoms with van der Waals surface area (Å²) in [5, 5.41) is 14.3. The molecule has 2 heterocycles. The van der Waals surface area contributed by atoms with E-state index in [4.69, 9.17) is 9.47 Å². The first-order chi connectivity index (χ1) is 16.8. The molecule has 0 spiro atoms. The lowest BCUT2D eigenvalue weighted by Gasteiger charge is -2.36. The van der Waals surface area contributed by atoms with Crippen molar-refractivity contribution >= 4 is 24.9 Å². The molecule has 6 nitrogen and oxygen atoms in total. The molecule has 190 valence electrons. The number of carbonyl (C=O) groups is 1. The van der Waals surface area contributed by atoms with Gasteiger partial charge in [0.25, 0.3) is 0 Å². The van der Waals surface area contributed by atoms with Crippen LogP contribution in [0.25, 0.3) is 0 Å². The largest absolute Gasteiger partial charge is 0.497 e. The second-order valence-electron chi connectivity index (χ2n) is 10.5. The topological polar surface area (TPSA) is 71.0 Å². The summed E-state index contributed by atoms with van der Waals surface area (Å²) < 4.78 is 12.0. The van der Waals surface area contributed by atoms with Gasteiger partial charge in [-0.2, -0.15) is 0 Å². The molecule has 0 aliphatic carbocycles. The van der Waals surface area contributed by atoms with Gasteiger partial charge in [0.15, 0.2) is 0 Å². The van der Waals surface area contributed by atoms with Crippen LogP contribution in [0, 0.1) is 5.92 Å². The van der Waals surface area contributed by atoms with Gasteiger partial charge in [0, 0.05) is 25.4 Å². The van der Waals surface area contributed by atoms with Gasteiger partial charge in [-0.15, -0.1) is 0 Å². The van der Waals surface area contributed by atoms with Crippen LogP contribution in [0.3, 0.4) is 0 Å². The number of anilines is 1. The molecule has 2 aromatic rings. The van der Waals surface area contributed by atoms with E-state index in [9.17, 15) is 9.90 Å². The highest BCUT2D eigenvalue weighted by Gasteiger charge is 2.50. The van der Waals surface area contributed by atoms with E-state index in [1.807, 2.05) is 11.0 Å². The first kappa shape index (κ1) is 25.9. The van der Waals surface area contributed by atoms with E-state index in [2.05, 4.69) is 67.8 Å². The molecule has 2 aliphatic heterocycles. The Morgan fingerprint density at radius 1 is 1.14 bits per heavy atom. The number of nitrogens with zero attached hydrogens (tertiary/aromatic N) is 1. The molecule has 1 amide bonds. The molecule has 2 aliphatic rings.